The Hall–Kier alpha value is -3.00. The van der Waals surface area contributed by atoms with Gasteiger partial charge in [0.2, 0.25) is 0 Å². The minimum atomic E-state index is -1.18. The molecule has 3 heterocycles. The van der Waals surface area contributed by atoms with Crippen LogP contribution in [0.2, 0.25) is 0 Å². The van der Waals surface area contributed by atoms with Gasteiger partial charge in [-0.2, -0.15) is 4.98 Å². The van der Waals surface area contributed by atoms with E-state index in [1.807, 2.05) is 30.3 Å². The van der Waals surface area contributed by atoms with E-state index >= 15 is 0 Å². The third-order valence-corrected chi connectivity index (χ3v) is 4.14. The molecule has 2 atom stereocenters. The number of benzene rings is 1. The maximum Gasteiger partial charge on any atom is 0.264 e. The number of nitrogen functional groups attached to an aromatic ring is 1. The van der Waals surface area contributed by atoms with Crippen molar-refractivity contribution in [1.29, 1.82) is 0 Å². The van der Waals surface area contributed by atoms with E-state index in [4.69, 9.17) is 11.6 Å². The third kappa shape index (κ3) is 2.28. The second-order valence-electron chi connectivity index (χ2n) is 5.65. The Morgan fingerprint density at radius 2 is 2.00 bits per heavy atom. The molecule has 0 amide bonds. The Balaban J connectivity index is 1.72. The second kappa shape index (κ2) is 5.57. The van der Waals surface area contributed by atoms with Gasteiger partial charge < -0.3 is 5.73 Å². The largest absolute Gasteiger partial charge is 0.396 e. The maximum absolute atomic E-state index is 14.4. The number of hydrazine groups is 1. The molecule has 0 radical (unpaired) electrons. The molecule has 2 aromatic heterocycles. The SMILES string of the molecule is Nc1cnccc1N(N)c1nc2n(n1)C(c1ccccc1)CC2F. The highest BCUT2D eigenvalue weighted by molar-refractivity contribution is 5.69. The van der Waals surface area contributed by atoms with Crippen molar-refractivity contribution in [3.05, 3.63) is 60.2 Å². The Kier molecular flexibility index (Phi) is 3.39. The molecular weight excluding hydrogens is 309 g/mol. The lowest BCUT2D eigenvalue weighted by Gasteiger charge is -2.17. The van der Waals surface area contributed by atoms with Crippen LogP contribution in [-0.4, -0.2) is 19.7 Å². The molecule has 1 aromatic carbocycles. The molecule has 7 nitrogen and oxygen atoms in total. The molecule has 0 spiro atoms. The summed E-state index contributed by atoms with van der Waals surface area (Å²) in [6, 6.07) is 11.1. The first kappa shape index (κ1) is 14.6. The van der Waals surface area contributed by atoms with Gasteiger partial charge >= 0.3 is 0 Å². The van der Waals surface area contributed by atoms with E-state index in [1.165, 1.54) is 11.2 Å². The summed E-state index contributed by atoms with van der Waals surface area (Å²) in [4.78, 5) is 8.19. The molecule has 1 aliphatic heterocycles. The van der Waals surface area contributed by atoms with Crippen LogP contribution >= 0.6 is 0 Å². The lowest BCUT2D eigenvalue weighted by molar-refractivity contribution is 0.328. The van der Waals surface area contributed by atoms with E-state index in [1.54, 1.807) is 16.9 Å². The monoisotopic (exact) mass is 325 g/mol. The highest BCUT2D eigenvalue weighted by Gasteiger charge is 2.36. The highest BCUT2D eigenvalue weighted by Crippen LogP contribution is 2.40. The Labute approximate surface area is 137 Å². The van der Waals surface area contributed by atoms with Crippen molar-refractivity contribution < 1.29 is 4.39 Å². The van der Waals surface area contributed by atoms with Crippen LogP contribution in [0.4, 0.5) is 21.7 Å². The van der Waals surface area contributed by atoms with Gasteiger partial charge in [0.25, 0.3) is 5.95 Å². The first-order valence-electron chi connectivity index (χ1n) is 7.55. The molecule has 1 aliphatic rings. The Morgan fingerprint density at radius 3 is 2.75 bits per heavy atom. The summed E-state index contributed by atoms with van der Waals surface area (Å²) in [5.74, 6) is 6.55. The van der Waals surface area contributed by atoms with E-state index in [2.05, 4.69) is 15.1 Å². The molecule has 0 aliphatic carbocycles. The number of pyridine rings is 1. The zero-order chi connectivity index (χ0) is 16.7. The van der Waals surface area contributed by atoms with Crippen LogP contribution in [0.25, 0.3) is 0 Å². The van der Waals surface area contributed by atoms with Crippen LogP contribution in [0.3, 0.4) is 0 Å². The number of nitrogens with two attached hydrogens (primary N) is 2. The summed E-state index contributed by atoms with van der Waals surface area (Å²) in [5, 5.41) is 5.65. The number of aromatic nitrogens is 4. The van der Waals surface area contributed by atoms with Crippen molar-refractivity contribution in [2.75, 3.05) is 10.7 Å². The second-order valence-corrected chi connectivity index (χ2v) is 5.65. The zero-order valence-corrected chi connectivity index (χ0v) is 12.7. The van der Waals surface area contributed by atoms with E-state index in [0.717, 1.165) is 5.56 Å². The predicted octanol–water partition coefficient (Wildman–Crippen LogP) is 2.27. The fourth-order valence-electron chi connectivity index (χ4n) is 2.95. The van der Waals surface area contributed by atoms with Crippen molar-refractivity contribution >= 4 is 17.3 Å². The first-order chi connectivity index (χ1) is 11.6. The van der Waals surface area contributed by atoms with Crippen molar-refractivity contribution in [3.8, 4) is 0 Å². The molecule has 0 fully saturated rings. The fourth-order valence-corrected chi connectivity index (χ4v) is 2.95. The standard InChI is InChI=1S/C16H16FN7/c17-11-8-14(10-4-2-1-3-5-10)24-15(11)21-16(22-24)23(19)13-6-7-20-9-12(13)18/h1-7,9,11,14H,8,18-19H2. The van der Waals surface area contributed by atoms with E-state index < -0.39 is 6.17 Å². The van der Waals surface area contributed by atoms with Gasteiger partial charge in [0.1, 0.15) is 0 Å². The number of nitrogens with zero attached hydrogens (tertiary/aromatic N) is 5. The molecule has 4 N–H and O–H groups in total. The van der Waals surface area contributed by atoms with Crippen LogP contribution in [0.5, 0.6) is 0 Å². The van der Waals surface area contributed by atoms with Gasteiger partial charge in [0.05, 0.1) is 23.6 Å². The molecule has 0 saturated heterocycles. The van der Waals surface area contributed by atoms with Crippen LogP contribution < -0.4 is 16.6 Å². The molecule has 4 rings (SSSR count). The third-order valence-electron chi connectivity index (χ3n) is 4.14. The lowest BCUT2D eigenvalue weighted by Crippen LogP contribution is -2.27. The molecule has 3 aromatic rings. The number of hydrogen-bond acceptors (Lipinski definition) is 6. The lowest BCUT2D eigenvalue weighted by atomic mass is 10.0. The summed E-state index contributed by atoms with van der Waals surface area (Å²) in [7, 11) is 0. The molecule has 122 valence electrons. The number of halogens is 1. The van der Waals surface area contributed by atoms with Crippen molar-refractivity contribution in [2.45, 2.75) is 18.6 Å². The topological polar surface area (TPSA) is 98.9 Å². The minimum Gasteiger partial charge on any atom is -0.396 e. The van der Waals surface area contributed by atoms with Gasteiger partial charge in [-0.05, 0) is 11.6 Å². The normalized spacial score (nSPS) is 19.2. The summed E-state index contributed by atoms with van der Waals surface area (Å²) in [6.45, 7) is 0. The zero-order valence-electron chi connectivity index (χ0n) is 12.7. The summed E-state index contributed by atoms with van der Waals surface area (Å²) < 4.78 is 16.0. The molecular formula is C16H16FN7. The number of fused-ring (bicyclic) bond motifs is 1. The van der Waals surface area contributed by atoms with Gasteiger partial charge in [-0.25, -0.2) is 19.9 Å². The smallest absolute Gasteiger partial charge is 0.264 e. The minimum absolute atomic E-state index is 0.194. The van der Waals surface area contributed by atoms with E-state index in [9.17, 15) is 4.39 Å². The van der Waals surface area contributed by atoms with Crippen LogP contribution in [0.1, 0.15) is 30.0 Å². The predicted molar refractivity (Wildman–Crippen MR) is 88.0 cm³/mol. The quantitative estimate of drug-likeness (QED) is 0.566. The summed E-state index contributed by atoms with van der Waals surface area (Å²) in [6.07, 6.45) is 2.20. The van der Waals surface area contributed by atoms with Crippen LogP contribution in [0.15, 0.2) is 48.8 Å². The van der Waals surface area contributed by atoms with Gasteiger partial charge in [-0.1, -0.05) is 30.3 Å². The molecule has 24 heavy (non-hydrogen) atoms. The summed E-state index contributed by atoms with van der Waals surface area (Å²) >= 11 is 0. The van der Waals surface area contributed by atoms with Gasteiger partial charge in [0, 0.05) is 12.6 Å². The fraction of sp³-hybridized carbons (Fsp3) is 0.188. The van der Waals surface area contributed by atoms with Crippen LogP contribution in [-0.2, 0) is 0 Å². The molecule has 2 unspecified atom stereocenters. The number of anilines is 3. The number of hydrogen-bond donors (Lipinski definition) is 2. The average Bonchev–Trinajstić information content (AvgIpc) is 3.16. The van der Waals surface area contributed by atoms with Gasteiger partial charge in [-0.3, -0.25) is 4.98 Å². The molecule has 8 heteroatoms. The highest BCUT2D eigenvalue weighted by atomic mass is 19.1. The van der Waals surface area contributed by atoms with Crippen molar-refractivity contribution in [2.24, 2.45) is 5.84 Å². The number of rotatable bonds is 3. The maximum atomic E-state index is 14.4. The average molecular weight is 325 g/mol. The molecule has 0 bridgehead atoms. The van der Waals surface area contributed by atoms with Crippen molar-refractivity contribution in [1.82, 2.24) is 19.7 Å². The Morgan fingerprint density at radius 1 is 1.21 bits per heavy atom. The molecule has 0 saturated carbocycles. The van der Waals surface area contributed by atoms with Crippen LogP contribution in [0, 0.1) is 0 Å². The first-order valence-corrected chi connectivity index (χ1v) is 7.55. The van der Waals surface area contributed by atoms with E-state index in [-0.39, 0.29) is 17.8 Å². The van der Waals surface area contributed by atoms with E-state index in [0.29, 0.717) is 17.8 Å². The van der Waals surface area contributed by atoms with Gasteiger partial charge in [-0.15, -0.1) is 5.10 Å². The Bertz CT molecular complexity index is 864. The summed E-state index contributed by atoms with van der Waals surface area (Å²) in [5.41, 5.74) is 7.77. The van der Waals surface area contributed by atoms with Crippen molar-refractivity contribution in [3.63, 3.8) is 0 Å². The van der Waals surface area contributed by atoms with Gasteiger partial charge in [0.15, 0.2) is 12.0 Å². The number of alkyl halides is 1.